The molecule has 0 spiro atoms. The minimum absolute atomic E-state index is 0.912. The summed E-state index contributed by atoms with van der Waals surface area (Å²) in [5, 5.41) is 0. The van der Waals surface area contributed by atoms with Crippen molar-refractivity contribution in [3.63, 3.8) is 0 Å². The molecule has 3 aliphatic rings. The zero-order valence-corrected chi connectivity index (χ0v) is 12.0. The first-order valence-electron chi connectivity index (χ1n) is 8.05. The van der Waals surface area contributed by atoms with E-state index in [1.54, 1.807) is 12.8 Å². The molecule has 3 rings (SSSR count). The van der Waals surface area contributed by atoms with Crippen LogP contribution in [0.4, 0.5) is 0 Å². The largest absolute Gasteiger partial charge is 0.0914 e. The third-order valence-electron chi connectivity index (χ3n) is 5.90. The molecule has 0 heteroatoms. The zero-order chi connectivity index (χ0) is 12.5. The number of fused-ring (bicyclic) bond motifs is 2. The van der Waals surface area contributed by atoms with Gasteiger partial charge in [0.15, 0.2) is 0 Å². The van der Waals surface area contributed by atoms with Gasteiger partial charge in [-0.1, -0.05) is 24.3 Å². The van der Waals surface area contributed by atoms with Crippen molar-refractivity contribution < 1.29 is 0 Å². The molecule has 3 aliphatic carbocycles. The van der Waals surface area contributed by atoms with E-state index in [-0.39, 0.29) is 0 Å². The van der Waals surface area contributed by atoms with Crippen LogP contribution in [-0.4, -0.2) is 0 Å². The van der Waals surface area contributed by atoms with Crippen LogP contribution in [-0.2, 0) is 0 Å². The van der Waals surface area contributed by atoms with Crippen LogP contribution in [0.5, 0.6) is 0 Å². The van der Waals surface area contributed by atoms with Crippen LogP contribution in [0.15, 0.2) is 24.3 Å². The second kappa shape index (κ2) is 5.23. The molecule has 0 aliphatic heterocycles. The Kier molecular flexibility index (Phi) is 3.63. The van der Waals surface area contributed by atoms with Gasteiger partial charge in [-0.15, -0.1) is 0 Å². The molecule has 0 bridgehead atoms. The summed E-state index contributed by atoms with van der Waals surface area (Å²) < 4.78 is 0. The van der Waals surface area contributed by atoms with E-state index < -0.39 is 0 Å². The average Bonchev–Trinajstić information content (AvgIpc) is 2.88. The maximum Gasteiger partial charge on any atom is -0.0228 e. The molecule has 0 saturated heterocycles. The molecule has 0 N–H and O–H groups in total. The van der Waals surface area contributed by atoms with Crippen LogP contribution in [0, 0.1) is 35.5 Å². The van der Waals surface area contributed by atoms with Crippen molar-refractivity contribution in [2.75, 3.05) is 0 Å². The Morgan fingerprint density at radius 1 is 0.556 bits per heavy atom. The van der Waals surface area contributed by atoms with Crippen LogP contribution < -0.4 is 0 Å². The number of hydrogen-bond acceptors (Lipinski definition) is 0. The van der Waals surface area contributed by atoms with Crippen LogP contribution in [0.3, 0.4) is 0 Å². The van der Waals surface area contributed by atoms with E-state index in [1.165, 1.54) is 25.7 Å². The summed E-state index contributed by atoms with van der Waals surface area (Å²) in [7, 11) is 0. The van der Waals surface area contributed by atoms with Gasteiger partial charge in [0.25, 0.3) is 0 Å². The molecule has 100 valence electrons. The summed E-state index contributed by atoms with van der Waals surface area (Å²) in [6.45, 7) is 4.36. The molecule has 0 aromatic rings. The normalized spacial score (nSPS) is 47.9. The van der Waals surface area contributed by atoms with E-state index in [2.05, 4.69) is 38.2 Å². The van der Waals surface area contributed by atoms with E-state index in [4.69, 9.17) is 0 Å². The van der Waals surface area contributed by atoms with Gasteiger partial charge in [0.2, 0.25) is 0 Å². The standard InChI is InChI=1S/C18H28/c1-3-5-13-7-15-11-17-9-14(6-4-2)10-18(17)12-16(15)8-13/h3-6,13-18H,7-12H2,1-2H3/b5-3+,6-4+. The van der Waals surface area contributed by atoms with Crippen molar-refractivity contribution in [2.24, 2.45) is 35.5 Å². The summed E-state index contributed by atoms with van der Waals surface area (Å²) in [5.74, 6) is 6.09. The molecule has 0 aromatic carbocycles. The Hall–Kier alpha value is -0.520. The maximum absolute atomic E-state index is 2.47. The third kappa shape index (κ3) is 2.31. The minimum atomic E-state index is 0.912. The highest BCUT2D eigenvalue weighted by atomic mass is 14.5. The molecule has 3 fully saturated rings. The van der Waals surface area contributed by atoms with Gasteiger partial charge in [-0.2, -0.15) is 0 Å². The van der Waals surface area contributed by atoms with Gasteiger partial charge in [0, 0.05) is 0 Å². The SMILES string of the molecule is C/C=C/C1CC2CC3CC(/C=C/C)CC3CC2C1. The predicted molar refractivity (Wildman–Crippen MR) is 78.3 cm³/mol. The Bertz CT molecular complexity index is 284. The van der Waals surface area contributed by atoms with Crippen molar-refractivity contribution in [3.05, 3.63) is 24.3 Å². The molecule has 0 nitrogen and oxygen atoms in total. The van der Waals surface area contributed by atoms with E-state index >= 15 is 0 Å². The van der Waals surface area contributed by atoms with Crippen molar-refractivity contribution in [1.82, 2.24) is 0 Å². The summed E-state index contributed by atoms with van der Waals surface area (Å²) in [5.41, 5.74) is 0. The van der Waals surface area contributed by atoms with Crippen LogP contribution in [0.2, 0.25) is 0 Å². The van der Waals surface area contributed by atoms with E-state index in [0.29, 0.717) is 0 Å². The molecule has 18 heavy (non-hydrogen) atoms. The van der Waals surface area contributed by atoms with E-state index in [1.807, 2.05) is 0 Å². The molecular formula is C18H28. The lowest BCUT2D eigenvalue weighted by molar-refractivity contribution is 0.157. The first kappa shape index (κ1) is 12.5. The van der Waals surface area contributed by atoms with E-state index in [0.717, 1.165) is 35.5 Å². The predicted octanol–water partition coefficient (Wildman–Crippen LogP) is 5.22. The molecule has 0 radical (unpaired) electrons. The highest BCUT2D eigenvalue weighted by molar-refractivity contribution is 5.03. The summed E-state index contributed by atoms with van der Waals surface area (Å²) >= 11 is 0. The Morgan fingerprint density at radius 3 is 1.17 bits per heavy atom. The molecule has 3 saturated carbocycles. The van der Waals surface area contributed by atoms with Crippen LogP contribution in [0.25, 0.3) is 0 Å². The molecule has 0 aromatic heterocycles. The fourth-order valence-electron chi connectivity index (χ4n) is 5.31. The smallest absolute Gasteiger partial charge is 0.0228 e. The summed E-state index contributed by atoms with van der Waals surface area (Å²) in [6.07, 6.45) is 18.6. The number of rotatable bonds is 2. The monoisotopic (exact) mass is 244 g/mol. The first-order valence-corrected chi connectivity index (χ1v) is 8.05. The third-order valence-corrected chi connectivity index (χ3v) is 5.90. The molecule has 4 unspecified atom stereocenters. The highest BCUT2D eigenvalue weighted by Crippen LogP contribution is 2.55. The topological polar surface area (TPSA) is 0 Å². The summed E-state index contributed by atoms with van der Waals surface area (Å²) in [6, 6.07) is 0. The molecule has 0 amide bonds. The second-order valence-electron chi connectivity index (χ2n) is 7.03. The van der Waals surface area contributed by atoms with Gasteiger partial charge >= 0.3 is 0 Å². The van der Waals surface area contributed by atoms with Gasteiger partial charge in [-0.3, -0.25) is 0 Å². The molecule has 0 heterocycles. The van der Waals surface area contributed by atoms with Gasteiger partial charge in [-0.25, -0.2) is 0 Å². The van der Waals surface area contributed by atoms with Gasteiger partial charge in [0.1, 0.15) is 0 Å². The first-order chi connectivity index (χ1) is 8.80. The van der Waals surface area contributed by atoms with Crippen molar-refractivity contribution in [1.29, 1.82) is 0 Å². The Balaban J connectivity index is 1.62. The number of hydrogen-bond donors (Lipinski definition) is 0. The highest BCUT2D eigenvalue weighted by Gasteiger charge is 2.45. The van der Waals surface area contributed by atoms with Crippen LogP contribution >= 0.6 is 0 Å². The van der Waals surface area contributed by atoms with Crippen molar-refractivity contribution >= 4 is 0 Å². The lowest BCUT2D eigenvalue weighted by Crippen LogP contribution is -2.25. The quantitative estimate of drug-likeness (QED) is 0.584. The Morgan fingerprint density at radius 2 is 0.889 bits per heavy atom. The van der Waals surface area contributed by atoms with Crippen LogP contribution in [0.1, 0.15) is 52.4 Å². The second-order valence-corrected chi connectivity index (χ2v) is 7.03. The fourth-order valence-corrected chi connectivity index (χ4v) is 5.31. The lowest BCUT2D eigenvalue weighted by Gasteiger charge is -2.34. The fraction of sp³-hybridized carbons (Fsp3) is 0.778. The zero-order valence-electron chi connectivity index (χ0n) is 12.0. The lowest BCUT2D eigenvalue weighted by atomic mass is 9.71. The Labute approximate surface area is 113 Å². The molecule has 4 atom stereocenters. The van der Waals surface area contributed by atoms with E-state index in [9.17, 15) is 0 Å². The number of allylic oxidation sites excluding steroid dienone is 4. The maximum atomic E-state index is 2.47. The minimum Gasteiger partial charge on any atom is -0.0914 e. The van der Waals surface area contributed by atoms with Gasteiger partial charge < -0.3 is 0 Å². The van der Waals surface area contributed by atoms with Crippen molar-refractivity contribution in [2.45, 2.75) is 52.4 Å². The van der Waals surface area contributed by atoms with Gasteiger partial charge in [-0.05, 0) is 87.9 Å². The molecular weight excluding hydrogens is 216 g/mol. The van der Waals surface area contributed by atoms with Gasteiger partial charge in [0.05, 0.1) is 0 Å². The summed E-state index contributed by atoms with van der Waals surface area (Å²) in [4.78, 5) is 0. The average molecular weight is 244 g/mol. The van der Waals surface area contributed by atoms with Crippen molar-refractivity contribution in [3.8, 4) is 0 Å².